The van der Waals surface area contributed by atoms with E-state index in [1.807, 2.05) is 49.5 Å². The molecule has 36 heavy (non-hydrogen) atoms. The predicted octanol–water partition coefficient (Wildman–Crippen LogP) is 2.95. The van der Waals surface area contributed by atoms with Crippen molar-refractivity contribution in [1.29, 1.82) is 0 Å². The number of hydrogen-bond acceptors (Lipinski definition) is 6. The lowest BCUT2D eigenvalue weighted by atomic mass is 9.48. The van der Waals surface area contributed by atoms with Crippen molar-refractivity contribution in [3.05, 3.63) is 71.8 Å². The van der Waals surface area contributed by atoms with E-state index in [2.05, 4.69) is 11.5 Å². The number of aliphatic hydroxyl groups is 1. The number of likely N-dealkylation sites (tertiary alicyclic amines) is 1. The molecule has 0 unspecified atom stereocenters. The topological polar surface area (TPSA) is 82.5 Å². The first kappa shape index (κ1) is 23.5. The minimum absolute atomic E-state index is 0.0728. The lowest BCUT2D eigenvalue weighted by molar-refractivity contribution is -0.200. The van der Waals surface area contributed by atoms with Crippen LogP contribution in [0, 0.1) is 0 Å². The van der Waals surface area contributed by atoms with Crippen molar-refractivity contribution < 1.29 is 24.5 Å². The van der Waals surface area contributed by atoms with Crippen LogP contribution in [0.4, 0.5) is 0 Å². The highest BCUT2D eigenvalue weighted by Gasteiger charge is 2.73. The third-order valence-electron chi connectivity index (χ3n) is 9.31. The van der Waals surface area contributed by atoms with Gasteiger partial charge in [-0.3, -0.25) is 9.69 Å². The van der Waals surface area contributed by atoms with Crippen LogP contribution in [0.5, 0.6) is 11.5 Å². The first-order valence-corrected chi connectivity index (χ1v) is 12.8. The maximum absolute atomic E-state index is 13.8. The smallest absolute Gasteiger partial charge is 0.256 e. The standard InChI is InChI=1S/C29H34N2O5/c1-4-15-31-16-14-28-23-19-10-11-21(32)25(23)36-26(28)20(12-13-29(28,34)22(31)17-19)30(2)27(33)24(35-3)18-8-6-5-7-9-18/h4-11,20,22,24,26,32,34H,1,12-17H2,2-3H3/t20-,22+,24-,26-,28-,29+/m0/s1. The van der Waals surface area contributed by atoms with Crippen LogP contribution in [-0.4, -0.2) is 77.0 Å². The molecule has 0 aromatic heterocycles. The summed E-state index contributed by atoms with van der Waals surface area (Å²) in [6.07, 6.45) is 3.24. The van der Waals surface area contributed by atoms with Gasteiger partial charge in [0, 0.05) is 32.3 Å². The number of aromatic hydroxyl groups is 1. The summed E-state index contributed by atoms with van der Waals surface area (Å²) in [5.41, 5.74) is 1.15. The van der Waals surface area contributed by atoms with E-state index < -0.39 is 23.2 Å². The number of likely N-dealkylation sites (N-methyl/N-ethyl adjacent to an activating group) is 1. The van der Waals surface area contributed by atoms with Crippen LogP contribution in [0.1, 0.15) is 42.1 Å². The van der Waals surface area contributed by atoms with E-state index in [1.54, 1.807) is 18.1 Å². The van der Waals surface area contributed by atoms with E-state index in [4.69, 9.17) is 9.47 Å². The molecule has 7 nitrogen and oxygen atoms in total. The van der Waals surface area contributed by atoms with Gasteiger partial charge in [0.1, 0.15) is 6.10 Å². The van der Waals surface area contributed by atoms with Crippen LogP contribution >= 0.6 is 0 Å². The van der Waals surface area contributed by atoms with Gasteiger partial charge < -0.3 is 24.6 Å². The zero-order chi connectivity index (χ0) is 25.2. The van der Waals surface area contributed by atoms with Gasteiger partial charge in [0.2, 0.25) is 0 Å². The summed E-state index contributed by atoms with van der Waals surface area (Å²) in [5.74, 6) is 0.431. The van der Waals surface area contributed by atoms with E-state index in [1.165, 1.54) is 0 Å². The molecule has 2 aromatic rings. The Hall–Kier alpha value is -2.87. The molecule has 1 amide bonds. The zero-order valence-electron chi connectivity index (χ0n) is 20.9. The van der Waals surface area contributed by atoms with Crippen LogP contribution in [0.25, 0.3) is 0 Å². The molecule has 6 atom stereocenters. The average molecular weight is 491 g/mol. The Labute approximate surface area is 211 Å². The lowest BCUT2D eigenvalue weighted by Crippen LogP contribution is -2.78. The highest BCUT2D eigenvalue weighted by Crippen LogP contribution is 2.65. The Morgan fingerprint density at radius 3 is 2.81 bits per heavy atom. The molecule has 7 heteroatoms. The average Bonchev–Trinajstić information content (AvgIpc) is 3.24. The van der Waals surface area contributed by atoms with Crippen LogP contribution in [0.3, 0.4) is 0 Å². The minimum Gasteiger partial charge on any atom is -0.504 e. The van der Waals surface area contributed by atoms with Gasteiger partial charge in [-0.05, 0) is 49.4 Å². The number of piperidine rings is 1. The van der Waals surface area contributed by atoms with Gasteiger partial charge in [-0.2, -0.15) is 0 Å². The van der Waals surface area contributed by atoms with Gasteiger partial charge in [0.15, 0.2) is 17.6 Å². The number of phenolic OH excluding ortho intramolecular Hbond substituents is 1. The van der Waals surface area contributed by atoms with Crippen molar-refractivity contribution in [3.63, 3.8) is 0 Å². The number of hydrogen-bond donors (Lipinski definition) is 2. The molecule has 2 fully saturated rings. The fourth-order valence-corrected chi connectivity index (χ4v) is 7.74. The Balaban J connectivity index is 1.42. The molecule has 2 N–H and O–H groups in total. The van der Waals surface area contributed by atoms with Gasteiger partial charge >= 0.3 is 0 Å². The number of rotatable bonds is 6. The molecular weight excluding hydrogens is 456 g/mol. The quantitative estimate of drug-likeness (QED) is 0.606. The van der Waals surface area contributed by atoms with Crippen LogP contribution in [0.2, 0.25) is 0 Å². The Bertz CT molecular complexity index is 1200. The highest BCUT2D eigenvalue weighted by molar-refractivity contribution is 5.82. The number of methoxy groups -OCH3 is 1. The number of carbonyl (C=O) groups is 1. The Morgan fingerprint density at radius 2 is 2.08 bits per heavy atom. The van der Waals surface area contributed by atoms with Gasteiger partial charge in [-0.25, -0.2) is 0 Å². The molecule has 1 spiro atoms. The largest absolute Gasteiger partial charge is 0.504 e. The summed E-state index contributed by atoms with van der Waals surface area (Å²) in [6, 6.07) is 12.8. The van der Waals surface area contributed by atoms with Gasteiger partial charge in [0.05, 0.1) is 17.1 Å². The molecular formula is C29H34N2O5. The summed E-state index contributed by atoms with van der Waals surface area (Å²) in [4.78, 5) is 17.8. The number of phenols is 1. The molecule has 2 heterocycles. The van der Waals surface area contributed by atoms with E-state index in [0.717, 1.165) is 23.2 Å². The third kappa shape index (κ3) is 2.93. The summed E-state index contributed by atoms with van der Waals surface area (Å²) in [7, 11) is 3.36. The van der Waals surface area contributed by atoms with Crippen LogP contribution < -0.4 is 4.74 Å². The molecule has 6 rings (SSSR count). The minimum atomic E-state index is -1.02. The second-order valence-corrected chi connectivity index (χ2v) is 10.7. The van der Waals surface area contributed by atoms with Gasteiger partial charge in [-0.15, -0.1) is 6.58 Å². The number of amides is 1. The Morgan fingerprint density at radius 1 is 1.31 bits per heavy atom. The first-order chi connectivity index (χ1) is 17.4. The van der Waals surface area contributed by atoms with Gasteiger partial charge in [0.25, 0.3) is 5.91 Å². The molecule has 1 saturated heterocycles. The number of benzene rings is 2. The fourth-order valence-electron chi connectivity index (χ4n) is 7.74. The molecule has 2 aromatic carbocycles. The van der Waals surface area contributed by atoms with Crippen LogP contribution in [-0.2, 0) is 21.4 Å². The molecule has 2 bridgehead atoms. The SMILES string of the molecule is C=CCN1CC[C@]23c4c5ccc(O)c4O[C@H]2[C@@H](N(C)C(=O)[C@@H](OC)c2ccccc2)CC[C@@]3(O)[C@H]1C5. The summed E-state index contributed by atoms with van der Waals surface area (Å²) in [6.45, 7) is 5.44. The molecule has 2 aliphatic carbocycles. The summed E-state index contributed by atoms with van der Waals surface area (Å²) < 4.78 is 12.2. The van der Waals surface area contributed by atoms with Gasteiger partial charge in [-0.1, -0.05) is 42.5 Å². The van der Waals surface area contributed by atoms with Crippen LogP contribution in [0.15, 0.2) is 55.1 Å². The van der Waals surface area contributed by atoms with Crippen molar-refractivity contribution in [1.82, 2.24) is 9.80 Å². The maximum Gasteiger partial charge on any atom is 0.256 e. The van der Waals surface area contributed by atoms with E-state index >= 15 is 0 Å². The van der Waals surface area contributed by atoms with Crippen molar-refractivity contribution in [3.8, 4) is 11.5 Å². The molecule has 4 aliphatic rings. The molecule has 0 radical (unpaired) electrons. The van der Waals surface area contributed by atoms with E-state index in [9.17, 15) is 15.0 Å². The second-order valence-electron chi connectivity index (χ2n) is 10.7. The van der Waals surface area contributed by atoms with E-state index in [-0.39, 0.29) is 23.7 Å². The monoisotopic (exact) mass is 490 g/mol. The summed E-state index contributed by atoms with van der Waals surface area (Å²) >= 11 is 0. The van der Waals surface area contributed by atoms with Crippen molar-refractivity contribution in [2.24, 2.45) is 0 Å². The molecule has 1 saturated carbocycles. The first-order valence-electron chi connectivity index (χ1n) is 12.8. The normalized spacial score (nSPS) is 32.8. The van der Waals surface area contributed by atoms with Crippen molar-refractivity contribution >= 4 is 5.91 Å². The van der Waals surface area contributed by atoms with Crippen molar-refractivity contribution in [2.75, 3.05) is 27.2 Å². The fraction of sp³-hybridized carbons (Fsp3) is 0.483. The number of ether oxygens (including phenoxy) is 2. The summed E-state index contributed by atoms with van der Waals surface area (Å²) in [5, 5.41) is 23.3. The zero-order valence-corrected chi connectivity index (χ0v) is 20.9. The second kappa shape index (κ2) is 8.33. The van der Waals surface area contributed by atoms with Crippen molar-refractivity contribution in [2.45, 2.75) is 61.0 Å². The lowest BCUT2D eigenvalue weighted by Gasteiger charge is -2.64. The Kier molecular flexibility index (Phi) is 5.44. The maximum atomic E-state index is 13.8. The highest BCUT2D eigenvalue weighted by atomic mass is 16.5. The number of carbonyl (C=O) groups excluding carboxylic acids is 1. The molecule has 2 aliphatic heterocycles. The van der Waals surface area contributed by atoms with E-state index in [0.29, 0.717) is 38.0 Å². The molecule has 190 valence electrons. The predicted molar refractivity (Wildman–Crippen MR) is 135 cm³/mol. The third-order valence-corrected chi connectivity index (χ3v) is 9.31. The number of nitrogens with zero attached hydrogens (tertiary/aromatic N) is 2.